The fourth-order valence-electron chi connectivity index (χ4n) is 3.75. The molecule has 1 aliphatic heterocycles. The Morgan fingerprint density at radius 1 is 1.00 bits per heavy atom. The molecule has 31 heavy (non-hydrogen) atoms. The number of alkyl halides is 6. The number of likely N-dealkylation sites (N-methyl/N-ethyl adjacent to an activating group) is 1. The molecule has 1 fully saturated rings. The van der Waals surface area contributed by atoms with Crippen molar-refractivity contribution in [2.45, 2.75) is 37.3 Å². The van der Waals surface area contributed by atoms with E-state index >= 15 is 0 Å². The minimum atomic E-state index is -4.92. The topological polar surface area (TPSA) is 27.3 Å². The fraction of sp³-hybridized carbons (Fsp3) is 0.381. The minimum Gasteiger partial charge on any atom is -0.354 e. The molecule has 0 saturated carbocycles. The molecule has 2 aromatic rings. The van der Waals surface area contributed by atoms with Crippen molar-refractivity contribution in [3.8, 4) is 0 Å². The molecule has 10 heteroatoms. The summed E-state index contributed by atoms with van der Waals surface area (Å²) in [5.41, 5.74) is -2.26. The number of benzene rings is 2. The quantitative estimate of drug-likeness (QED) is 0.442. The lowest BCUT2D eigenvalue weighted by atomic mass is 9.97. The monoisotopic (exact) mass is 461 g/mol. The van der Waals surface area contributed by atoms with E-state index in [0.29, 0.717) is 12.1 Å². The van der Waals surface area contributed by atoms with Gasteiger partial charge in [-0.05, 0) is 62.4 Å². The van der Waals surface area contributed by atoms with Crippen LogP contribution in [0.3, 0.4) is 0 Å². The predicted molar refractivity (Wildman–Crippen MR) is 111 cm³/mol. The third-order valence-electron chi connectivity index (χ3n) is 5.25. The molecule has 2 N–H and O–H groups in total. The molecule has 0 spiro atoms. The first-order valence-electron chi connectivity index (χ1n) is 9.57. The fourth-order valence-corrected chi connectivity index (χ4v) is 4.00. The summed E-state index contributed by atoms with van der Waals surface area (Å²) >= 11 is 5.26. The molecule has 3 rings (SSSR count). The second kappa shape index (κ2) is 9.04. The van der Waals surface area contributed by atoms with E-state index in [4.69, 9.17) is 12.2 Å². The lowest BCUT2D eigenvalue weighted by molar-refractivity contribution is -0.143. The van der Waals surface area contributed by atoms with Gasteiger partial charge < -0.3 is 15.5 Å². The standard InChI is InChI=1S/C21H21F6N3S/c1-30-9-5-8-17(30)18(13-6-3-2-4-7-13)29-19(31)28-16-11-14(20(22,23)24)10-15(12-16)21(25,26)27/h2-4,6-7,10-12,17-18H,5,8-9H2,1H3,(H2,28,29,31)/t17-,18?/m0/s1. The number of nitrogens with zero attached hydrogens (tertiary/aromatic N) is 1. The molecule has 0 amide bonds. The lowest BCUT2D eigenvalue weighted by Gasteiger charge is -2.31. The normalized spacial score (nSPS) is 18.6. The van der Waals surface area contributed by atoms with Crippen LogP contribution in [0.25, 0.3) is 0 Å². The van der Waals surface area contributed by atoms with Gasteiger partial charge in [0.05, 0.1) is 17.2 Å². The van der Waals surface area contributed by atoms with Crippen LogP contribution < -0.4 is 10.6 Å². The predicted octanol–water partition coefficient (Wildman–Crippen LogP) is 5.85. The summed E-state index contributed by atoms with van der Waals surface area (Å²) in [6, 6.07) is 10.5. The Labute approximate surface area is 181 Å². The average molecular weight is 461 g/mol. The van der Waals surface area contributed by atoms with Gasteiger partial charge in [-0.2, -0.15) is 26.3 Å². The van der Waals surface area contributed by atoms with E-state index in [1.165, 1.54) is 0 Å². The Hall–Kier alpha value is -2.33. The summed E-state index contributed by atoms with van der Waals surface area (Å²) in [4.78, 5) is 2.15. The SMILES string of the molecule is CN1CCC[C@H]1C(NC(=S)Nc1cc(C(F)(F)F)cc(C(F)(F)F)c1)c1ccccc1. The number of thiocarbonyl (C=S) groups is 1. The molecular formula is C21H21F6N3S. The van der Waals surface area contributed by atoms with Crippen LogP contribution in [0.2, 0.25) is 0 Å². The molecule has 1 unspecified atom stereocenters. The summed E-state index contributed by atoms with van der Waals surface area (Å²) in [7, 11) is 1.97. The maximum Gasteiger partial charge on any atom is 0.416 e. The molecular weight excluding hydrogens is 440 g/mol. The highest BCUT2D eigenvalue weighted by molar-refractivity contribution is 7.80. The van der Waals surface area contributed by atoms with Crippen molar-refractivity contribution in [3.05, 3.63) is 65.2 Å². The summed E-state index contributed by atoms with van der Waals surface area (Å²) in [6.45, 7) is 0.887. The summed E-state index contributed by atoms with van der Waals surface area (Å²) in [5.74, 6) is 0. The number of anilines is 1. The van der Waals surface area contributed by atoms with Crippen LogP contribution in [-0.2, 0) is 12.4 Å². The molecule has 1 saturated heterocycles. The molecule has 0 radical (unpaired) electrons. The number of nitrogens with one attached hydrogen (secondary N) is 2. The maximum absolute atomic E-state index is 13.1. The number of hydrogen-bond donors (Lipinski definition) is 2. The number of halogens is 6. The Morgan fingerprint density at radius 2 is 1.58 bits per heavy atom. The Kier molecular flexibility index (Phi) is 6.80. The first kappa shape index (κ1) is 23.3. The minimum absolute atomic E-state index is 0.0541. The van der Waals surface area contributed by atoms with Crippen LogP contribution in [-0.4, -0.2) is 29.6 Å². The van der Waals surface area contributed by atoms with Gasteiger partial charge in [0.25, 0.3) is 0 Å². The molecule has 0 aromatic heterocycles. The van der Waals surface area contributed by atoms with Gasteiger partial charge in [-0.1, -0.05) is 30.3 Å². The van der Waals surface area contributed by atoms with Gasteiger partial charge >= 0.3 is 12.4 Å². The van der Waals surface area contributed by atoms with Crippen molar-refractivity contribution in [3.63, 3.8) is 0 Å². The van der Waals surface area contributed by atoms with Gasteiger partial charge in [0.15, 0.2) is 5.11 Å². The van der Waals surface area contributed by atoms with E-state index in [-0.39, 0.29) is 28.9 Å². The highest BCUT2D eigenvalue weighted by Crippen LogP contribution is 2.37. The van der Waals surface area contributed by atoms with Gasteiger partial charge in [0.1, 0.15) is 0 Å². The van der Waals surface area contributed by atoms with Gasteiger partial charge in [-0.25, -0.2) is 0 Å². The van der Waals surface area contributed by atoms with Crippen LogP contribution in [0, 0.1) is 0 Å². The molecule has 0 bridgehead atoms. The summed E-state index contributed by atoms with van der Waals surface area (Å²) in [5, 5.41) is 5.54. The van der Waals surface area contributed by atoms with Gasteiger partial charge in [-0.3, -0.25) is 0 Å². The van der Waals surface area contributed by atoms with Gasteiger partial charge in [-0.15, -0.1) is 0 Å². The first-order chi connectivity index (χ1) is 14.4. The molecule has 3 nitrogen and oxygen atoms in total. The zero-order valence-electron chi connectivity index (χ0n) is 16.5. The largest absolute Gasteiger partial charge is 0.416 e. The second-order valence-corrected chi connectivity index (χ2v) is 7.88. The Bertz CT molecular complexity index is 881. The van der Waals surface area contributed by atoms with E-state index in [1.807, 2.05) is 37.4 Å². The molecule has 1 aliphatic rings. The molecule has 2 atom stereocenters. The van der Waals surface area contributed by atoms with Crippen molar-refractivity contribution < 1.29 is 26.3 Å². The van der Waals surface area contributed by atoms with E-state index in [1.54, 1.807) is 0 Å². The zero-order valence-corrected chi connectivity index (χ0v) is 17.3. The third kappa shape index (κ3) is 5.88. The smallest absolute Gasteiger partial charge is 0.354 e. The number of likely N-dealkylation sites (tertiary alicyclic amines) is 1. The molecule has 168 valence electrons. The second-order valence-electron chi connectivity index (χ2n) is 7.47. The summed E-state index contributed by atoms with van der Waals surface area (Å²) < 4.78 is 78.6. The van der Waals surface area contributed by atoms with E-state index < -0.39 is 23.5 Å². The van der Waals surface area contributed by atoms with Crippen LogP contribution in [0.15, 0.2) is 48.5 Å². The zero-order chi connectivity index (χ0) is 22.8. The Balaban J connectivity index is 1.85. The third-order valence-corrected chi connectivity index (χ3v) is 5.47. The van der Waals surface area contributed by atoms with Crippen molar-refractivity contribution in [2.75, 3.05) is 18.9 Å². The van der Waals surface area contributed by atoms with Crippen molar-refractivity contribution in [2.24, 2.45) is 0 Å². The van der Waals surface area contributed by atoms with E-state index in [9.17, 15) is 26.3 Å². The molecule has 1 heterocycles. The Morgan fingerprint density at radius 3 is 2.06 bits per heavy atom. The average Bonchev–Trinajstić information content (AvgIpc) is 3.11. The summed E-state index contributed by atoms with van der Waals surface area (Å²) in [6.07, 6.45) is -7.99. The highest BCUT2D eigenvalue weighted by Gasteiger charge is 2.37. The van der Waals surface area contributed by atoms with Crippen molar-refractivity contribution >= 4 is 23.0 Å². The van der Waals surface area contributed by atoms with Crippen molar-refractivity contribution in [1.82, 2.24) is 10.2 Å². The van der Waals surface area contributed by atoms with Gasteiger partial charge in [0, 0.05) is 11.7 Å². The molecule has 2 aromatic carbocycles. The maximum atomic E-state index is 13.1. The van der Waals surface area contributed by atoms with Crippen LogP contribution in [0.1, 0.15) is 35.6 Å². The highest BCUT2D eigenvalue weighted by atomic mass is 32.1. The lowest BCUT2D eigenvalue weighted by Crippen LogP contribution is -2.43. The van der Waals surface area contributed by atoms with Gasteiger partial charge in [0.2, 0.25) is 0 Å². The van der Waals surface area contributed by atoms with Crippen LogP contribution >= 0.6 is 12.2 Å². The number of hydrogen-bond acceptors (Lipinski definition) is 2. The van der Waals surface area contributed by atoms with Crippen molar-refractivity contribution in [1.29, 1.82) is 0 Å². The van der Waals surface area contributed by atoms with E-state index in [0.717, 1.165) is 24.9 Å². The first-order valence-corrected chi connectivity index (χ1v) is 9.98. The molecule has 0 aliphatic carbocycles. The number of rotatable bonds is 4. The van der Waals surface area contributed by atoms with E-state index in [2.05, 4.69) is 15.5 Å². The van der Waals surface area contributed by atoms with Crippen LogP contribution in [0.4, 0.5) is 32.0 Å². The van der Waals surface area contributed by atoms with Crippen LogP contribution in [0.5, 0.6) is 0 Å².